The largest absolute Gasteiger partial charge is 0.395 e. The molecule has 2 N–H and O–H groups in total. The topological polar surface area (TPSA) is 70.5 Å². The summed E-state index contributed by atoms with van der Waals surface area (Å²) >= 11 is 0. The summed E-state index contributed by atoms with van der Waals surface area (Å²) in [7, 11) is 0. The maximum absolute atomic E-state index is 9.07. The fourth-order valence-electron chi connectivity index (χ4n) is 4.04. The van der Waals surface area contributed by atoms with Gasteiger partial charge >= 0.3 is 0 Å². The molecule has 3 atom stereocenters. The third-order valence-corrected chi connectivity index (χ3v) is 5.42. The van der Waals surface area contributed by atoms with Crippen molar-refractivity contribution >= 4 is 11.8 Å². The van der Waals surface area contributed by atoms with E-state index in [-0.39, 0.29) is 6.61 Å². The summed E-state index contributed by atoms with van der Waals surface area (Å²) in [6.07, 6.45) is 8.03. The molecule has 4 rings (SSSR count). The minimum Gasteiger partial charge on any atom is -0.395 e. The van der Waals surface area contributed by atoms with Crippen molar-refractivity contribution in [1.82, 2.24) is 9.97 Å². The van der Waals surface area contributed by atoms with Crippen molar-refractivity contribution in [3.63, 3.8) is 0 Å². The zero-order valence-corrected chi connectivity index (χ0v) is 14.0. The Morgan fingerprint density at radius 3 is 2.67 bits per heavy atom. The number of nitrogens with zero attached hydrogens (tertiary/aromatic N) is 3. The van der Waals surface area contributed by atoms with Gasteiger partial charge in [0.15, 0.2) is 0 Å². The lowest BCUT2D eigenvalue weighted by Gasteiger charge is -2.20. The van der Waals surface area contributed by atoms with Gasteiger partial charge < -0.3 is 20.1 Å². The highest BCUT2D eigenvalue weighted by Gasteiger charge is 2.34. The minimum atomic E-state index is 0.0784. The molecule has 2 aliphatic heterocycles. The molecule has 3 aliphatic rings. The molecule has 0 radical (unpaired) electrons. The van der Waals surface area contributed by atoms with Crippen LogP contribution in [0.5, 0.6) is 0 Å². The van der Waals surface area contributed by atoms with E-state index in [1.807, 2.05) is 0 Å². The molecule has 1 aromatic heterocycles. The molecule has 0 spiro atoms. The number of allylic oxidation sites excluding steroid dienone is 2. The van der Waals surface area contributed by atoms with Gasteiger partial charge in [-0.15, -0.1) is 0 Å². The molecule has 2 saturated heterocycles. The second-order valence-electron chi connectivity index (χ2n) is 7.05. The second kappa shape index (κ2) is 7.07. The molecule has 1 aromatic rings. The summed E-state index contributed by atoms with van der Waals surface area (Å²) in [5.74, 6) is 3.49. The van der Waals surface area contributed by atoms with Gasteiger partial charge in [-0.25, -0.2) is 4.98 Å². The van der Waals surface area contributed by atoms with Crippen LogP contribution in [0.2, 0.25) is 0 Å². The van der Waals surface area contributed by atoms with E-state index in [1.54, 1.807) is 0 Å². The van der Waals surface area contributed by atoms with E-state index < -0.39 is 0 Å². The first-order valence-corrected chi connectivity index (χ1v) is 9.05. The zero-order chi connectivity index (χ0) is 16.4. The lowest BCUT2D eigenvalue weighted by atomic mass is 9.86. The third kappa shape index (κ3) is 3.26. The number of hydrogen-bond donors (Lipinski definition) is 2. The van der Waals surface area contributed by atoms with Gasteiger partial charge in [0.1, 0.15) is 5.82 Å². The Bertz CT molecular complexity index is 585. The van der Waals surface area contributed by atoms with Crippen LogP contribution < -0.4 is 10.2 Å². The highest BCUT2D eigenvalue weighted by Crippen LogP contribution is 2.36. The SMILES string of the molecule is OCCNc1nc(C2CCOC2)cc(N2C[C@H]3CC=CC[C@H]3C2)n1. The molecule has 1 aliphatic carbocycles. The van der Waals surface area contributed by atoms with Crippen LogP contribution in [0.15, 0.2) is 18.2 Å². The molecule has 24 heavy (non-hydrogen) atoms. The summed E-state index contributed by atoms with van der Waals surface area (Å²) in [4.78, 5) is 11.8. The van der Waals surface area contributed by atoms with Gasteiger partial charge in [-0.05, 0) is 31.1 Å². The number of aliphatic hydroxyl groups excluding tert-OH is 1. The van der Waals surface area contributed by atoms with Crippen LogP contribution >= 0.6 is 0 Å². The Balaban J connectivity index is 1.57. The van der Waals surface area contributed by atoms with Crippen molar-refractivity contribution in [3.05, 3.63) is 23.9 Å². The zero-order valence-electron chi connectivity index (χ0n) is 14.0. The van der Waals surface area contributed by atoms with Crippen molar-refractivity contribution in [2.24, 2.45) is 11.8 Å². The molecule has 6 nitrogen and oxygen atoms in total. The number of ether oxygens (including phenoxy) is 1. The summed E-state index contributed by atoms with van der Waals surface area (Å²) in [6.45, 7) is 4.25. The van der Waals surface area contributed by atoms with Gasteiger partial charge in [-0.2, -0.15) is 4.98 Å². The monoisotopic (exact) mass is 330 g/mol. The van der Waals surface area contributed by atoms with Gasteiger partial charge in [-0.3, -0.25) is 0 Å². The first-order valence-electron chi connectivity index (χ1n) is 9.05. The molecule has 0 amide bonds. The Morgan fingerprint density at radius 1 is 1.21 bits per heavy atom. The Morgan fingerprint density at radius 2 is 2.00 bits per heavy atom. The van der Waals surface area contributed by atoms with E-state index in [2.05, 4.69) is 33.4 Å². The summed E-state index contributed by atoms with van der Waals surface area (Å²) in [5, 5.41) is 12.2. The summed E-state index contributed by atoms with van der Waals surface area (Å²) in [5.41, 5.74) is 1.06. The van der Waals surface area contributed by atoms with Crippen LogP contribution in [-0.2, 0) is 4.74 Å². The van der Waals surface area contributed by atoms with Crippen molar-refractivity contribution in [2.45, 2.75) is 25.2 Å². The molecule has 2 fully saturated rings. The van der Waals surface area contributed by atoms with E-state index in [1.165, 1.54) is 12.8 Å². The Hall–Kier alpha value is -1.66. The maximum Gasteiger partial charge on any atom is 0.224 e. The Labute approximate surface area is 142 Å². The van der Waals surface area contributed by atoms with Crippen LogP contribution in [-0.4, -0.2) is 54.5 Å². The summed E-state index contributed by atoms with van der Waals surface area (Å²) in [6, 6.07) is 2.15. The highest BCUT2D eigenvalue weighted by molar-refractivity contribution is 5.47. The quantitative estimate of drug-likeness (QED) is 0.802. The van der Waals surface area contributed by atoms with Crippen LogP contribution in [0, 0.1) is 11.8 Å². The van der Waals surface area contributed by atoms with E-state index in [0.717, 1.165) is 56.1 Å². The van der Waals surface area contributed by atoms with Crippen molar-refractivity contribution < 1.29 is 9.84 Å². The fraction of sp³-hybridized carbons (Fsp3) is 0.667. The molecule has 0 bridgehead atoms. The van der Waals surface area contributed by atoms with E-state index in [0.29, 0.717) is 18.4 Å². The van der Waals surface area contributed by atoms with Crippen molar-refractivity contribution in [1.29, 1.82) is 0 Å². The van der Waals surface area contributed by atoms with Crippen LogP contribution in [0.1, 0.15) is 30.9 Å². The van der Waals surface area contributed by atoms with Gasteiger partial charge in [-0.1, -0.05) is 12.2 Å². The van der Waals surface area contributed by atoms with Crippen molar-refractivity contribution in [3.8, 4) is 0 Å². The number of nitrogens with one attached hydrogen (secondary N) is 1. The predicted octanol–water partition coefficient (Wildman–Crippen LogP) is 1.79. The smallest absolute Gasteiger partial charge is 0.224 e. The lowest BCUT2D eigenvalue weighted by Crippen LogP contribution is -2.23. The van der Waals surface area contributed by atoms with E-state index >= 15 is 0 Å². The minimum absolute atomic E-state index is 0.0784. The third-order valence-electron chi connectivity index (χ3n) is 5.42. The number of fused-ring (bicyclic) bond motifs is 1. The second-order valence-corrected chi connectivity index (χ2v) is 7.05. The number of aliphatic hydroxyl groups is 1. The van der Waals surface area contributed by atoms with Crippen LogP contribution in [0.4, 0.5) is 11.8 Å². The normalized spacial score (nSPS) is 29.0. The maximum atomic E-state index is 9.07. The molecule has 6 heteroatoms. The number of anilines is 2. The average Bonchev–Trinajstić information content (AvgIpc) is 3.29. The summed E-state index contributed by atoms with van der Waals surface area (Å²) < 4.78 is 5.53. The molecule has 3 heterocycles. The van der Waals surface area contributed by atoms with Gasteiger partial charge in [0, 0.05) is 38.2 Å². The van der Waals surface area contributed by atoms with Crippen LogP contribution in [0.25, 0.3) is 0 Å². The lowest BCUT2D eigenvalue weighted by molar-refractivity contribution is 0.193. The first kappa shape index (κ1) is 15.8. The molecule has 0 saturated carbocycles. The molecule has 1 unspecified atom stereocenters. The van der Waals surface area contributed by atoms with Crippen LogP contribution in [0.3, 0.4) is 0 Å². The standard InChI is InChI=1S/C18H26N4O2/c23-7-6-19-18-20-16(15-5-8-24-12-15)9-17(21-18)22-10-13-3-1-2-4-14(13)11-22/h1-2,9,13-15,23H,3-8,10-12H2,(H,19,20,21)/t13-,14+,15?. The fourth-order valence-corrected chi connectivity index (χ4v) is 4.04. The first-order chi connectivity index (χ1) is 11.8. The van der Waals surface area contributed by atoms with Gasteiger partial charge in [0.2, 0.25) is 5.95 Å². The van der Waals surface area contributed by atoms with E-state index in [4.69, 9.17) is 14.8 Å². The van der Waals surface area contributed by atoms with Gasteiger partial charge in [0.05, 0.1) is 18.9 Å². The van der Waals surface area contributed by atoms with Gasteiger partial charge in [0.25, 0.3) is 0 Å². The molecular weight excluding hydrogens is 304 g/mol. The number of hydrogen-bond acceptors (Lipinski definition) is 6. The predicted molar refractivity (Wildman–Crippen MR) is 93.4 cm³/mol. The average molecular weight is 330 g/mol. The highest BCUT2D eigenvalue weighted by atomic mass is 16.5. The van der Waals surface area contributed by atoms with Crippen molar-refractivity contribution in [2.75, 3.05) is 49.7 Å². The molecule has 0 aromatic carbocycles. The number of rotatable bonds is 5. The number of aromatic nitrogens is 2. The Kier molecular flexibility index (Phi) is 4.67. The molecule has 130 valence electrons. The molecular formula is C18H26N4O2. The van der Waals surface area contributed by atoms with E-state index in [9.17, 15) is 0 Å².